The maximum absolute atomic E-state index is 5.83. The second-order valence-corrected chi connectivity index (χ2v) is 6.07. The Morgan fingerprint density at radius 1 is 0.857 bits per heavy atom. The maximum Gasteiger partial charge on any atom is 0.0808 e. The van der Waals surface area contributed by atoms with Gasteiger partial charge in [0.25, 0.3) is 0 Å². The average Bonchev–Trinajstić information content (AvgIpc) is 2.53. The first-order valence-electron chi connectivity index (χ1n) is 8.73. The first-order valence-corrected chi connectivity index (χ1v) is 8.73. The van der Waals surface area contributed by atoms with Gasteiger partial charge in [0.15, 0.2) is 0 Å². The summed E-state index contributed by atoms with van der Waals surface area (Å²) >= 11 is 0. The Kier molecular flexibility index (Phi) is 9.36. The molecule has 120 valence electrons. The van der Waals surface area contributed by atoms with Crippen LogP contribution in [0.15, 0.2) is 30.3 Å². The van der Waals surface area contributed by atoms with Crippen molar-refractivity contribution in [2.24, 2.45) is 0 Å². The molecule has 0 aliphatic carbocycles. The largest absolute Gasteiger partial charge is 0.377 e. The van der Waals surface area contributed by atoms with Gasteiger partial charge >= 0.3 is 0 Å². The van der Waals surface area contributed by atoms with E-state index in [1.807, 2.05) is 0 Å². The molecule has 0 aliphatic rings. The van der Waals surface area contributed by atoms with Gasteiger partial charge in [0.05, 0.1) is 39.4 Å². The lowest BCUT2D eigenvalue weighted by atomic mass is 10.2. The van der Waals surface area contributed by atoms with Gasteiger partial charge in [0, 0.05) is 6.42 Å². The Bertz CT molecular complexity index is 352. The molecule has 0 spiro atoms. The van der Waals surface area contributed by atoms with Crippen LogP contribution in [0.3, 0.4) is 0 Å². The molecule has 0 saturated heterocycles. The van der Waals surface area contributed by atoms with Gasteiger partial charge < -0.3 is 9.22 Å². The Morgan fingerprint density at radius 2 is 1.57 bits per heavy atom. The molecule has 0 aromatic heterocycles. The van der Waals surface area contributed by atoms with Gasteiger partial charge in [-0.15, -0.1) is 0 Å². The summed E-state index contributed by atoms with van der Waals surface area (Å²) in [6, 6.07) is 10.5. The van der Waals surface area contributed by atoms with Crippen LogP contribution in [0.2, 0.25) is 0 Å². The highest BCUT2D eigenvalue weighted by molar-refractivity contribution is 5.13. The van der Waals surface area contributed by atoms with Crippen LogP contribution in [0.4, 0.5) is 0 Å². The van der Waals surface area contributed by atoms with Gasteiger partial charge in [0.2, 0.25) is 0 Å². The van der Waals surface area contributed by atoms with Crippen molar-refractivity contribution in [1.29, 1.82) is 0 Å². The molecular formula is C19H34NO+. The second kappa shape index (κ2) is 10.8. The smallest absolute Gasteiger partial charge is 0.0808 e. The zero-order chi connectivity index (χ0) is 15.4. The molecule has 0 aliphatic heterocycles. The summed E-state index contributed by atoms with van der Waals surface area (Å²) in [5, 5.41) is 0. The Morgan fingerprint density at radius 3 is 2.19 bits per heavy atom. The van der Waals surface area contributed by atoms with Crippen LogP contribution < -0.4 is 0 Å². The Labute approximate surface area is 131 Å². The maximum atomic E-state index is 5.83. The number of rotatable bonds is 12. The molecule has 1 aromatic rings. The molecule has 0 fully saturated rings. The Balaban J connectivity index is 2.28. The molecule has 2 nitrogen and oxygen atoms in total. The van der Waals surface area contributed by atoms with Crippen molar-refractivity contribution in [2.75, 3.05) is 32.8 Å². The predicted molar refractivity (Wildman–Crippen MR) is 91.3 cm³/mol. The van der Waals surface area contributed by atoms with Crippen molar-refractivity contribution in [3.05, 3.63) is 35.9 Å². The van der Waals surface area contributed by atoms with Gasteiger partial charge in [0.1, 0.15) is 0 Å². The van der Waals surface area contributed by atoms with E-state index < -0.39 is 0 Å². The molecule has 0 amide bonds. The second-order valence-electron chi connectivity index (χ2n) is 6.07. The van der Waals surface area contributed by atoms with Crippen LogP contribution in [0.5, 0.6) is 0 Å². The van der Waals surface area contributed by atoms with Gasteiger partial charge in [-0.05, 0) is 25.3 Å². The number of unbranched alkanes of at least 4 members (excludes halogenated alkanes) is 1. The summed E-state index contributed by atoms with van der Waals surface area (Å²) in [4.78, 5) is 0. The molecule has 0 bridgehead atoms. The van der Waals surface area contributed by atoms with Gasteiger partial charge in [-0.3, -0.25) is 0 Å². The lowest BCUT2D eigenvalue weighted by molar-refractivity contribution is -0.927. The summed E-state index contributed by atoms with van der Waals surface area (Å²) in [5.74, 6) is 0. The van der Waals surface area contributed by atoms with Crippen molar-refractivity contribution in [3.8, 4) is 0 Å². The molecule has 1 atom stereocenters. The van der Waals surface area contributed by atoms with E-state index in [9.17, 15) is 0 Å². The predicted octanol–water partition coefficient (Wildman–Crippen LogP) is 4.64. The van der Waals surface area contributed by atoms with Crippen LogP contribution in [0.1, 0.15) is 52.0 Å². The molecule has 1 rings (SSSR count). The van der Waals surface area contributed by atoms with Gasteiger partial charge in [-0.25, -0.2) is 0 Å². The molecule has 2 heteroatoms. The SMILES string of the molecule is CCCC[N+](CC)(CCC)CCCOCc1ccccc1. The minimum atomic E-state index is 0.746. The molecule has 0 saturated carbocycles. The van der Waals surface area contributed by atoms with Crippen LogP contribution >= 0.6 is 0 Å². The monoisotopic (exact) mass is 292 g/mol. The lowest BCUT2D eigenvalue weighted by Crippen LogP contribution is -2.50. The van der Waals surface area contributed by atoms with Gasteiger partial charge in [-0.2, -0.15) is 0 Å². The number of nitrogens with zero attached hydrogens (tertiary/aromatic N) is 1. The molecule has 1 unspecified atom stereocenters. The van der Waals surface area contributed by atoms with E-state index in [1.54, 1.807) is 0 Å². The fourth-order valence-corrected chi connectivity index (χ4v) is 3.04. The molecule has 0 N–H and O–H groups in total. The minimum Gasteiger partial charge on any atom is -0.377 e. The fraction of sp³-hybridized carbons (Fsp3) is 0.684. The molecule has 0 heterocycles. The summed E-state index contributed by atoms with van der Waals surface area (Å²) in [7, 11) is 0. The topological polar surface area (TPSA) is 9.23 Å². The number of quaternary nitrogens is 1. The third-order valence-electron chi connectivity index (χ3n) is 4.39. The van der Waals surface area contributed by atoms with Crippen molar-refractivity contribution >= 4 is 0 Å². The number of ether oxygens (including phenoxy) is 1. The van der Waals surface area contributed by atoms with Gasteiger partial charge in [-0.1, -0.05) is 50.6 Å². The molecular weight excluding hydrogens is 258 g/mol. The summed E-state index contributed by atoms with van der Waals surface area (Å²) < 4.78 is 7.11. The normalized spacial score (nSPS) is 14.0. The standard InChI is InChI=1S/C19H34NO/c1-4-7-15-20(6-3,14-5-2)16-11-17-21-18-19-12-9-8-10-13-19/h8-10,12-13H,4-7,11,14-18H2,1-3H3/q+1. The lowest BCUT2D eigenvalue weighted by Gasteiger charge is -2.38. The van der Waals surface area contributed by atoms with Crippen LogP contribution in [0, 0.1) is 0 Å². The van der Waals surface area contributed by atoms with E-state index in [-0.39, 0.29) is 0 Å². The average molecular weight is 292 g/mol. The van der Waals surface area contributed by atoms with Crippen molar-refractivity contribution in [3.63, 3.8) is 0 Å². The van der Waals surface area contributed by atoms with Crippen molar-refractivity contribution in [1.82, 2.24) is 0 Å². The minimum absolute atomic E-state index is 0.746. The first-order chi connectivity index (χ1) is 10.3. The van der Waals surface area contributed by atoms with E-state index >= 15 is 0 Å². The molecule has 21 heavy (non-hydrogen) atoms. The molecule has 1 aromatic carbocycles. The number of benzene rings is 1. The quantitative estimate of drug-likeness (QED) is 0.403. The Hall–Kier alpha value is -0.860. The molecule has 0 radical (unpaired) electrons. The van der Waals surface area contributed by atoms with E-state index in [2.05, 4.69) is 51.1 Å². The third-order valence-corrected chi connectivity index (χ3v) is 4.39. The zero-order valence-electron chi connectivity index (χ0n) is 14.3. The van der Waals surface area contributed by atoms with Crippen LogP contribution in [-0.2, 0) is 11.3 Å². The highest BCUT2D eigenvalue weighted by Crippen LogP contribution is 2.12. The highest BCUT2D eigenvalue weighted by atomic mass is 16.5. The summed E-state index contributed by atoms with van der Waals surface area (Å²) in [6.45, 7) is 13.7. The highest BCUT2D eigenvalue weighted by Gasteiger charge is 2.22. The summed E-state index contributed by atoms with van der Waals surface area (Å²) in [6.07, 6.45) is 5.10. The number of hydrogen-bond acceptors (Lipinski definition) is 1. The van der Waals surface area contributed by atoms with E-state index in [1.165, 1.54) is 61.9 Å². The first kappa shape index (κ1) is 18.2. The van der Waals surface area contributed by atoms with E-state index in [0.29, 0.717) is 0 Å². The number of hydrogen-bond donors (Lipinski definition) is 0. The fourth-order valence-electron chi connectivity index (χ4n) is 3.04. The summed E-state index contributed by atoms with van der Waals surface area (Å²) in [5.41, 5.74) is 1.27. The van der Waals surface area contributed by atoms with E-state index in [4.69, 9.17) is 4.74 Å². The third kappa shape index (κ3) is 7.10. The van der Waals surface area contributed by atoms with Crippen molar-refractivity contribution < 1.29 is 9.22 Å². The van der Waals surface area contributed by atoms with Crippen LogP contribution in [-0.4, -0.2) is 37.3 Å². The van der Waals surface area contributed by atoms with Crippen LogP contribution in [0.25, 0.3) is 0 Å². The van der Waals surface area contributed by atoms with E-state index in [0.717, 1.165) is 13.2 Å². The van der Waals surface area contributed by atoms with Crippen molar-refractivity contribution in [2.45, 2.75) is 53.1 Å². The zero-order valence-corrected chi connectivity index (χ0v) is 14.3.